The predicted molar refractivity (Wildman–Crippen MR) is 118 cm³/mol. The quantitative estimate of drug-likeness (QED) is 0.541. The maximum Gasteiger partial charge on any atom is 0.334 e. The summed E-state index contributed by atoms with van der Waals surface area (Å²) >= 11 is 0. The van der Waals surface area contributed by atoms with Gasteiger partial charge in [0, 0.05) is 11.3 Å². The van der Waals surface area contributed by atoms with E-state index in [1.165, 1.54) is 0 Å². The summed E-state index contributed by atoms with van der Waals surface area (Å²) in [6, 6.07) is 25.3. The first kappa shape index (κ1) is 21.8. The summed E-state index contributed by atoms with van der Waals surface area (Å²) in [5.41, 5.74) is 1.60. The topological polar surface area (TPSA) is 84.5 Å². The molecule has 2 amide bonds. The predicted octanol–water partition coefficient (Wildman–Crippen LogP) is 4.12. The van der Waals surface area contributed by atoms with E-state index in [0.29, 0.717) is 23.2 Å². The SMILES string of the molecule is CC[C@H](OC(=O)[C@H](NC(=O)c1ccccc1)c1ccccc1)C(=O)Nc1ccccc1. The van der Waals surface area contributed by atoms with Crippen molar-refractivity contribution in [1.29, 1.82) is 0 Å². The molecule has 0 unspecified atom stereocenters. The van der Waals surface area contributed by atoms with Crippen molar-refractivity contribution in [3.05, 3.63) is 102 Å². The molecule has 0 aliphatic carbocycles. The summed E-state index contributed by atoms with van der Waals surface area (Å²) in [6.07, 6.45) is -0.703. The number of carbonyl (C=O) groups excluding carboxylic acids is 3. The Balaban J connectivity index is 1.75. The van der Waals surface area contributed by atoms with E-state index in [4.69, 9.17) is 4.74 Å². The molecular formula is C25H24N2O4. The van der Waals surface area contributed by atoms with Crippen molar-refractivity contribution in [1.82, 2.24) is 5.32 Å². The molecule has 0 spiro atoms. The van der Waals surface area contributed by atoms with Gasteiger partial charge in [-0.1, -0.05) is 73.7 Å². The molecule has 0 heterocycles. The van der Waals surface area contributed by atoms with Gasteiger partial charge in [-0.3, -0.25) is 9.59 Å². The highest BCUT2D eigenvalue weighted by Crippen LogP contribution is 2.18. The molecule has 3 aromatic rings. The van der Waals surface area contributed by atoms with Crippen molar-refractivity contribution >= 4 is 23.5 Å². The second-order valence-corrected chi connectivity index (χ2v) is 6.87. The van der Waals surface area contributed by atoms with E-state index in [1.54, 1.807) is 85.8 Å². The molecule has 0 radical (unpaired) electrons. The van der Waals surface area contributed by atoms with Gasteiger partial charge in [-0.05, 0) is 36.2 Å². The summed E-state index contributed by atoms with van der Waals surface area (Å²) in [5.74, 6) is -1.54. The maximum atomic E-state index is 13.0. The molecule has 6 heteroatoms. The first-order chi connectivity index (χ1) is 15.1. The Bertz CT molecular complexity index is 1010. The molecule has 3 aromatic carbocycles. The van der Waals surface area contributed by atoms with Crippen LogP contribution in [0.15, 0.2) is 91.0 Å². The third-order valence-corrected chi connectivity index (χ3v) is 4.64. The van der Waals surface area contributed by atoms with Gasteiger partial charge in [0.25, 0.3) is 11.8 Å². The zero-order valence-electron chi connectivity index (χ0n) is 17.2. The highest BCUT2D eigenvalue weighted by molar-refractivity contribution is 5.98. The van der Waals surface area contributed by atoms with E-state index in [2.05, 4.69) is 10.6 Å². The molecule has 6 nitrogen and oxygen atoms in total. The number of amides is 2. The van der Waals surface area contributed by atoms with Crippen LogP contribution in [0.2, 0.25) is 0 Å². The summed E-state index contributed by atoms with van der Waals surface area (Å²) in [7, 11) is 0. The smallest absolute Gasteiger partial charge is 0.334 e. The van der Waals surface area contributed by atoms with E-state index in [9.17, 15) is 14.4 Å². The lowest BCUT2D eigenvalue weighted by Crippen LogP contribution is -2.39. The summed E-state index contributed by atoms with van der Waals surface area (Å²) in [5, 5.41) is 5.46. The van der Waals surface area contributed by atoms with Gasteiger partial charge in [0.05, 0.1) is 0 Å². The number of hydrogen-bond acceptors (Lipinski definition) is 4. The Hall–Kier alpha value is -3.93. The molecule has 0 saturated heterocycles. The standard InChI is InChI=1S/C25H24N2O4/c1-2-21(24(29)26-20-16-10-5-11-17-20)31-25(30)22(18-12-6-3-7-13-18)27-23(28)19-14-8-4-9-15-19/h3-17,21-22H,2H2,1H3,(H,26,29)(H,27,28)/t21-,22+/m0/s1. The Morgan fingerprint density at radius 3 is 1.94 bits per heavy atom. The monoisotopic (exact) mass is 416 g/mol. The Morgan fingerprint density at radius 1 is 0.806 bits per heavy atom. The normalized spacial score (nSPS) is 12.3. The second-order valence-electron chi connectivity index (χ2n) is 6.87. The molecule has 0 saturated carbocycles. The number of anilines is 1. The van der Waals surface area contributed by atoms with E-state index in [-0.39, 0.29) is 0 Å². The fourth-order valence-electron chi connectivity index (χ4n) is 3.00. The van der Waals surface area contributed by atoms with Crippen molar-refractivity contribution in [2.45, 2.75) is 25.5 Å². The van der Waals surface area contributed by atoms with Crippen LogP contribution >= 0.6 is 0 Å². The fraction of sp³-hybridized carbons (Fsp3) is 0.160. The number of para-hydroxylation sites is 1. The minimum Gasteiger partial charge on any atom is -0.450 e. The molecule has 31 heavy (non-hydrogen) atoms. The number of rotatable bonds is 8. The Kier molecular flexibility index (Phi) is 7.54. The molecule has 2 N–H and O–H groups in total. The van der Waals surface area contributed by atoms with Crippen molar-refractivity contribution < 1.29 is 19.1 Å². The van der Waals surface area contributed by atoms with Gasteiger partial charge in [-0.15, -0.1) is 0 Å². The lowest BCUT2D eigenvalue weighted by atomic mass is 10.1. The van der Waals surface area contributed by atoms with E-state index in [0.717, 1.165) is 0 Å². The highest BCUT2D eigenvalue weighted by Gasteiger charge is 2.29. The average Bonchev–Trinajstić information content (AvgIpc) is 2.82. The lowest BCUT2D eigenvalue weighted by molar-refractivity contribution is -0.156. The first-order valence-electron chi connectivity index (χ1n) is 10.1. The van der Waals surface area contributed by atoms with Gasteiger partial charge in [0.1, 0.15) is 0 Å². The van der Waals surface area contributed by atoms with Gasteiger partial charge in [-0.25, -0.2) is 4.79 Å². The van der Waals surface area contributed by atoms with E-state index < -0.39 is 29.9 Å². The van der Waals surface area contributed by atoms with Gasteiger partial charge in [-0.2, -0.15) is 0 Å². The molecule has 3 rings (SSSR count). The van der Waals surface area contributed by atoms with Crippen LogP contribution in [0.1, 0.15) is 35.3 Å². The number of esters is 1. The third-order valence-electron chi connectivity index (χ3n) is 4.64. The van der Waals surface area contributed by atoms with Gasteiger partial charge in [0.15, 0.2) is 12.1 Å². The molecule has 2 atom stereocenters. The summed E-state index contributed by atoms with van der Waals surface area (Å²) in [4.78, 5) is 38.3. The number of carbonyl (C=O) groups is 3. The lowest BCUT2D eigenvalue weighted by Gasteiger charge is -2.22. The van der Waals surface area contributed by atoms with E-state index >= 15 is 0 Å². The molecule has 0 aliphatic rings. The molecule has 0 aliphatic heterocycles. The largest absolute Gasteiger partial charge is 0.450 e. The zero-order chi connectivity index (χ0) is 22.1. The molecule has 158 valence electrons. The van der Waals surface area contributed by atoms with Crippen LogP contribution in [0, 0.1) is 0 Å². The zero-order valence-corrected chi connectivity index (χ0v) is 17.2. The van der Waals surface area contributed by atoms with E-state index in [1.807, 2.05) is 12.1 Å². The van der Waals surface area contributed by atoms with Gasteiger partial charge in [0.2, 0.25) is 0 Å². The minimum atomic E-state index is -1.05. The second kappa shape index (κ2) is 10.7. The molecular weight excluding hydrogens is 392 g/mol. The molecule has 0 fully saturated rings. The van der Waals surface area contributed by atoms with Crippen LogP contribution in [0.4, 0.5) is 5.69 Å². The molecule has 0 bridgehead atoms. The summed E-state index contributed by atoms with van der Waals surface area (Å²) < 4.78 is 5.52. The van der Waals surface area contributed by atoms with Gasteiger partial charge < -0.3 is 15.4 Å². The van der Waals surface area contributed by atoms with Crippen molar-refractivity contribution in [2.75, 3.05) is 5.32 Å². The third kappa shape index (κ3) is 6.02. The minimum absolute atomic E-state index is 0.290. The van der Waals surface area contributed by atoms with Crippen molar-refractivity contribution in [3.8, 4) is 0 Å². The Morgan fingerprint density at radius 2 is 1.35 bits per heavy atom. The summed E-state index contributed by atoms with van der Waals surface area (Å²) in [6.45, 7) is 1.75. The van der Waals surface area contributed by atoms with Crippen LogP contribution in [-0.4, -0.2) is 23.9 Å². The van der Waals surface area contributed by atoms with Crippen LogP contribution in [0.25, 0.3) is 0 Å². The first-order valence-corrected chi connectivity index (χ1v) is 10.1. The van der Waals surface area contributed by atoms with Crippen molar-refractivity contribution in [2.24, 2.45) is 0 Å². The fourth-order valence-corrected chi connectivity index (χ4v) is 3.00. The van der Waals surface area contributed by atoms with Crippen LogP contribution in [-0.2, 0) is 14.3 Å². The van der Waals surface area contributed by atoms with Crippen molar-refractivity contribution in [3.63, 3.8) is 0 Å². The number of hydrogen-bond donors (Lipinski definition) is 2. The van der Waals surface area contributed by atoms with Crippen LogP contribution in [0.3, 0.4) is 0 Å². The van der Waals surface area contributed by atoms with Crippen LogP contribution < -0.4 is 10.6 Å². The molecule has 0 aromatic heterocycles. The maximum absolute atomic E-state index is 13.0. The number of ether oxygens (including phenoxy) is 1. The van der Waals surface area contributed by atoms with Gasteiger partial charge >= 0.3 is 5.97 Å². The highest BCUT2D eigenvalue weighted by atomic mass is 16.5. The number of benzene rings is 3. The van der Waals surface area contributed by atoms with Crippen LogP contribution in [0.5, 0.6) is 0 Å². The Labute approximate surface area is 181 Å². The number of nitrogens with one attached hydrogen (secondary N) is 2. The average molecular weight is 416 g/mol.